The van der Waals surface area contributed by atoms with Crippen LogP contribution in [0.4, 0.5) is 0 Å². The Morgan fingerprint density at radius 3 is 2.40 bits per heavy atom. The lowest BCUT2D eigenvalue weighted by molar-refractivity contribution is -0.120. The normalized spacial score (nSPS) is 11.8. The molecule has 0 saturated carbocycles. The first-order valence-corrected chi connectivity index (χ1v) is 6.92. The van der Waals surface area contributed by atoms with Crippen LogP contribution in [0, 0.1) is 0 Å². The number of rotatable bonds is 6. The van der Waals surface area contributed by atoms with Gasteiger partial charge in [-0.3, -0.25) is 9.59 Å². The molecule has 0 aromatic heterocycles. The summed E-state index contributed by atoms with van der Waals surface area (Å²) < 4.78 is 0. The summed E-state index contributed by atoms with van der Waals surface area (Å²) in [6.45, 7) is 1.97. The molecule has 1 aromatic rings. The second kappa shape index (κ2) is 7.58. The van der Waals surface area contributed by atoms with E-state index in [4.69, 9.17) is 23.2 Å². The van der Waals surface area contributed by atoms with Crippen LogP contribution < -0.4 is 0 Å². The highest BCUT2D eigenvalue weighted by Crippen LogP contribution is 2.23. The summed E-state index contributed by atoms with van der Waals surface area (Å²) in [5.41, 5.74) is 0.774. The van der Waals surface area contributed by atoms with E-state index in [0.29, 0.717) is 28.6 Å². The third-order valence-electron chi connectivity index (χ3n) is 2.73. The monoisotopic (exact) mass is 313 g/mol. The molecule has 1 rings (SSSR count). The van der Waals surface area contributed by atoms with Crippen molar-refractivity contribution >= 4 is 40.8 Å². The van der Waals surface area contributed by atoms with Crippen LogP contribution in [-0.2, 0) is 9.59 Å². The summed E-state index contributed by atoms with van der Waals surface area (Å²) in [7, 11) is 3.75. The zero-order valence-corrected chi connectivity index (χ0v) is 13.3. The van der Waals surface area contributed by atoms with E-state index in [1.54, 1.807) is 18.2 Å². The molecule has 0 spiro atoms. The SMILES string of the molecule is CC(=O)/C(=C\c1ccc(Cl)cc1Cl)C(=O)CCN(C)C. The highest BCUT2D eigenvalue weighted by atomic mass is 35.5. The zero-order chi connectivity index (χ0) is 15.3. The number of allylic oxidation sites excluding steroid dienone is 1. The highest BCUT2D eigenvalue weighted by Gasteiger charge is 2.15. The average molecular weight is 314 g/mol. The summed E-state index contributed by atoms with van der Waals surface area (Å²) in [5.74, 6) is -0.447. The van der Waals surface area contributed by atoms with E-state index in [2.05, 4.69) is 0 Å². The topological polar surface area (TPSA) is 37.4 Å². The van der Waals surface area contributed by atoms with Gasteiger partial charge in [0.25, 0.3) is 0 Å². The van der Waals surface area contributed by atoms with Crippen LogP contribution in [0.25, 0.3) is 6.08 Å². The van der Waals surface area contributed by atoms with E-state index in [-0.39, 0.29) is 17.1 Å². The van der Waals surface area contributed by atoms with Gasteiger partial charge in [0, 0.05) is 23.0 Å². The molecule has 5 heteroatoms. The van der Waals surface area contributed by atoms with Gasteiger partial charge in [0.05, 0.1) is 5.57 Å². The lowest BCUT2D eigenvalue weighted by atomic mass is 10.0. The fraction of sp³-hybridized carbons (Fsp3) is 0.333. The number of nitrogens with zero attached hydrogens (tertiary/aromatic N) is 1. The molecular formula is C15H17Cl2NO2. The summed E-state index contributed by atoms with van der Waals surface area (Å²) in [5, 5.41) is 0.923. The summed E-state index contributed by atoms with van der Waals surface area (Å²) in [6.07, 6.45) is 1.82. The largest absolute Gasteiger partial charge is 0.309 e. The first kappa shape index (κ1) is 16.9. The summed E-state index contributed by atoms with van der Waals surface area (Å²) >= 11 is 11.9. The van der Waals surface area contributed by atoms with Gasteiger partial charge in [-0.1, -0.05) is 29.3 Å². The molecule has 0 aliphatic rings. The number of Topliss-reactive ketones (excluding diaryl/α,β-unsaturated/α-hetero) is 2. The number of halogens is 2. The van der Waals surface area contributed by atoms with Crippen LogP contribution in [0.3, 0.4) is 0 Å². The Bertz CT molecular complexity index is 551. The highest BCUT2D eigenvalue weighted by molar-refractivity contribution is 6.36. The van der Waals surface area contributed by atoms with Gasteiger partial charge in [0.1, 0.15) is 0 Å². The van der Waals surface area contributed by atoms with Gasteiger partial charge >= 0.3 is 0 Å². The lowest BCUT2D eigenvalue weighted by Crippen LogP contribution is -2.19. The molecule has 0 aliphatic heterocycles. The van der Waals surface area contributed by atoms with Crippen LogP contribution in [0.2, 0.25) is 10.0 Å². The predicted octanol–water partition coefficient (Wildman–Crippen LogP) is 3.49. The van der Waals surface area contributed by atoms with Crippen molar-refractivity contribution in [3.05, 3.63) is 39.4 Å². The third kappa shape index (κ3) is 5.08. The van der Waals surface area contributed by atoms with Crippen LogP contribution in [0.1, 0.15) is 18.9 Å². The zero-order valence-electron chi connectivity index (χ0n) is 11.7. The molecule has 0 unspecified atom stereocenters. The molecule has 1 aromatic carbocycles. The van der Waals surface area contributed by atoms with Crippen LogP contribution in [0.15, 0.2) is 23.8 Å². The van der Waals surface area contributed by atoms with Crippen molar-refractivity contribution in [2.75, 3.05) is 20.6 Å². The third-order valence-corrected chi connectivity index (χ3v) is 3.29. The first-order valence-electron chi connectivity index (χ1n) is 6.17. The van der Waals surface area contributed by atoms with Crippen molar-refractivity contribution in [2.24, 2.45) is 0 Å². The minimum absolute atomic E-state index is 0.163. The van der Waals surface area contributed by atoms with Crippen molar-refractivity contribution in [2.45, 2.75) is 13.3 Å². The lowest BCUT2D eigenvalue weighted by Gasteiger charge is -2.09. The number of hydrogen-bond acceptors (Lipinski definition) is 3. The van der Waals surface area contributed by atoms with Crippen LogP contribution in [-0.4, -0.2) is 37.1 Å². The van der Waals surface area contributed by atoms with Gasteiger partial charge in [-0.15, -0.1) is 0 Å². The number of carbonyl (C=O) groups is 2. The second-order valence-corrected chi connectivity index (χ2v) is 5.60. The Hall–Kier alpha value is -1.16. The minimum atomic E-state index is -0.264. The molecule has 0 amide bonds. The van der Waals surface area contributed by atoms with Crippen LogP contribution in [0.5, 0.6) is 0 Å². The molecular weight excluding hydrogens is 297 g/mol. The predicted molar refractivity (Wildman–Crippen MR) is 83.3 cm³/mol. The molecule has 3 nitrogen and oxygen atoms in total. The Kier molecular flexibility index (Phi) is 6.40. The molecule has 0 bridgehead atoms. The van der Waals surface area contributed by atoms with Gasteiger partial charge in [-0.05, 0) is 44.8 Å². The van der Waals surface area contributed by atoms with E-state index < -0.39 is 0 Å². The van der Waals surface area contributed by atoms with Crippen LogP contribution >= 0.6 is 23.2 Å². The van der Waals surface area contributed by atoms with E-state index >= 15 is 0 Å². The van der Waals surface area contributed by atoms with Gasteiger partial charge in [0.15, 0.2) is 11.6 Å². The first-order chi connectivity index (χ1) is 9.31. The molecule has 20 heavy (non-hydrogen) atoms. The Balaban J connectivity index is 3.04. The molecule has 0 heterocycles. The average Bonchev–Trinajstić information content (AvgIpc) is 2.34. The minimum Gasteiger partial charge on any atom is -0.309 e. The Labute approximate surface area is 129 Å². The number of hydrogen-bond donors (Lipinski definition) is 0. The van der Waals surface area contributed by atoms with E-state index in [1.165, 1.54) is 13.0 Å². The maximum atomic E-state index is 12.1. The molecule has 0 fully saturated rings. The van der Waals surface area contributed by atoms with Gasteiger partial charge in [0.2, 0.25) is 0 Å². The molecule has 0 N–H and O–H groups in total. The van der Waals surface area contributed by atoms with Gasteiger partial charge < -0.3 is 4.90 Å². The van der Waals surface area contributed by atoms with E-state index in [1.807, 2.05) is 19.0 Å². The van der Waals surface area contributed by atoms with Crippen molar-refractivity contribution in [3.8, 4) is 0 Å². The van der Waals surface area contributed by atoms with Crippen molar-refractivity contribution in [1.82, 2.24) is 4.90 Å². The number of carbonyl (C=O) groups excluding carboxylic acids is 2. The van der Waals surface area contributed by atoms with Gasteiger partial charge in [-0.2, -0.15) is 0 Å². The molecule has 0 atom stereocenters. The molecule has 0 aliphatic carbocycles. The maximum absolute atomic E-state index is 12.1. The smallest absolute Gasteiger partial charge is 0.167 e. The number of benzene rings is 1. The van der Waals surface area contributed by atoms with E-state index in [9.17, 15) is 9.59 Å². The Morgan fingerprint density at radius 2 is 1.90 bits per heavy atom. The fourth-order valence-electron chi connectivity index (χ4n) is 1.61. The van der Waals surface area contributed by atoms with Gasteiger partial charge in [-0.25, -0.2) is 0 Å². The van der Waals surface area contributed by atoms with Crippen molar-refractivity contribution < 1.29 is 9.59 Å². The molecule has 0 saturated heterocycles. The fourth-order valence-corrected chi connectivity index (χ4v) is 2.08. The second-order valence-electron chi connectivity index (χ2n) is 4.76. The van der Waals surface area contributed by atoms with Crippen molar-refractivity contribution in [3.63, 3.8) is 0 Å². The number of ketones is 2. The molecule has 108 valence electrons. The van der Waals surface area contributed by atoms with E-state index in [0.717, 1.165) is 0 Å². The van der Waals surface area contributed by atoms with Crippen molar-refractivity contribution in [1.29, 1.82) is 0 Å². The Morgan fingerprint density at radius 1 is 1.25 bits per heavy atom. The molecule has 0 radical (unpaired) electrons. The summed E-state index contributed by atoms with van der Waals surface area (Å²) in [6, 6.07) is 4.94. The maximum Gasteiger partial charge on any atom is 0.167 e. The standard InChI is InChI=1S/C15H17Cl2NO2/c1-10(19)13(15(20)6-7-18(2)3)8-11-4-5-12(16)9-14(11)17/h4-5,8-9H,6-7H2,1-3H3/b13-8+. The quantitative estimate of drug-likeness (QED) is 0.458. The summed E-state index contributed by atoms with van der Waals surface area (Å²) in [4.78, 5) is 25.6.